The number of nitrogens with zero attached hydrogens (tertiary/aromatic N) is 1. The van der Waals surface area contributed by atoms with Crippen LogP contribution < -0.4 is 4.90 Å². The third kappa shape index (κ3) is 2.54. The van der Waals surface area contributed by atoms with Crippen molar-refractivity contribution in [3.63, 3.8) is 0 Å². The second-order valence-corrected chi connectivity index (χ2v) is 4.88. The van der Waals surface area contributed by atoms with Gasteiger partial charge in [0.15, 0.2) is 17.9 Å². The normalized spacial score (nSPS) is 19.2. The van der Waals surface area contributed by atoms with Gasteiger partial charge in [-0.2, -0.15) is 0 Å². The van der Waals surface area contributed by atoms with Crippen LogP contribution >= 0.6 is 0 Å². The van der Waals surface area contributed by atoms with Crippen molar-refractivity contribution in [3.05, 3.63) is 29.3 Å². The van der Waals surface area contributed by atoms with Crippen molar-refractivity contribution in [1.29, 1.82) is 0 Å². The molecule has 1 aromatic rings. The molecule has 1 saturated heterocycles. The van der Waals surface area contributed by atoms with Crippen molar-refractivity contribution in [1.82, 2.24) is 0 Å². The first-order chi connectivity index (χ1) is 10.1. The van der Waals surface area contributed by atoms with Gasteiger partial charge >= 0.3 is 0 Å². The molecule has 1 fully saturated rings. The van der Waals surface area contributed by atoms with Gasteiger partial charge in [0.25, 0.3) is 11.7 Å². The Balaban J connectivity index is 1.78. The van der Waals surface area contributed by atoms with E-state index >= 15 is 0 Å². The van der Waals surface area contributed by atoms with E-state index in [1.165, 1.54) is 0 Å². The third-order valence-corrected chi connectivity index (χ3v) is 3.50. The van der Waals surface area contributed by atoms with Crippen LogP contribution in [0.2, 0.25) is 0 Å². The van der Waals surface area contributed by atoms with E-state index in [1.807, 2.05) is 0 Å². The van der Waals surface area contributed by atoms with Crippen LogP contribution in [0.25, 0.3) is 0 Å². The average Bonchev–Trinajstić information content (AvgIpc) is 2.71. The lowest BCUT2D eigenvalue weighted by Crippen LogP contribution is -2.35. The number of hydrogen-bond donors (Lipinski definition) is 0. The zero-order chi connectivity index (χ0) is 15.0. The molecule has 112 valence electrons. The van der Waals surface area contributed by atoms with E-state index < -0.39 is 29.6 Å². The van der Waals surface area contributed by atoms with Gasteiger partial charge in [-0.3, -0.25) is 9.59 Å². The number of carbonyl (C=O) groups is 2. The Morgan fingerprint density at radius 1 is 1.14 bits per heavy atom. The number of fused-ring (bicyclic) bond motifs is 1. The molecule has 0 atom stereocenters. The maximum atomic E-state index is 13.3. The molecule has 0 saturated carbocycles. The van der Waals surface area contributed by atoms with E-state index in [0.29, 0.717) is 19.6 Å². The van der Waals surface area contributed by atoms with Gasteiger partial charge in [0, 0.05) is 19.0 Å². The SMILES string of the molecule is O=C1C(=O)N(CCC2OCCCO2)c2cc(F)c(F)cc21. The zero-order valence-electron chi connectivity index (χ0n) is 11.1. The minimum Gasteiger partial charge on any atom is -0.353 e. The molecular formula is C14H13F2NO4. The second-order valence-electron chi connectivity index (χ2n) is 4.88. The molecule has 21 heavy (non-hydrogen) atoms. The number of benzene rings is 1. The standard InChI is InChI=1S/C14H13F2NO4/c15-9-6-8-11(7-10(9)16)17(14(19)13(8)18)3-2-12-20-4-1-5-21-12/h6-7,12H,1-5H2. The van der Waals surface area contributed by atoms with E-state index in [9.17, 15) is 18.4 Å². The summed E-state index contributed by atoms with van der Waals surface area (Å²) in [5.74, 6) is -3.85. The van der Waals surface area contributed by atoms with Crippen LogP contribution in [-0.2, 0) is 14.3 Å². The second kappa shape index (κ2) is 5.50. The van der Waals surface area contributed by atoms with Crippen LogP contribution in [0, 0.1) is 11.6 Å². The summed E-state index contributed by atoms with van der Waals surface area (Å²) in [7, 11) is 0. The predicted molar refractivity (Wildman–Crippen MR) is 68.0 cm³/mol. The molecule has 2 aliphatic heterocycles. The van der Waals surface area contributed by atoms with Crippen LogP contribution in [0.5, 0.6) is 0 Å². The molecule has 2 heterocycles. The molecule has 5 nitrogen and oxygen atoms in total. The number of rotatable bonds is 3. The Morgan fingerprint density at radius 3 is 2.52 bits per heavy atom. The molecular weight excluding hydrogens is 284 g/mol. The highest BCUT2D eigenvalue weighted by molar-refractivity contribution is 6.52. The summed E-state index contributed by atoms with van der Waals surface area (Å²) in [5.41, 5.74) is -0.0101. The third-order valence-electron chi connectivity index (χ3n) is 3.50. The highest BCUT2D eigenvalue weighted by atomic mass is 19.2. The molecule has 0 bridgehead atoms. The highest BCUT2D eigenvalue weighted by Gasteiger charge is 2.37. The van der Waals surface area contributed by atoms with Crippen LogP contribution in [0.4, 0.5) is 14.5 Å². The molecule has 1 amide bonds. The maximum absolute atomic E-state index is 13.3. The summed E-state index contributed by atoms with van der Waals surface area (Å²) in [5, 5.41) is 0. The lowest BCUT2D eigenvalue weighted by atomic mass is 10.1. The van der Waals surface area contributed by atoms with Gasteiger partial charge in [0.1, 0.15) is 0 Å². The van der Waals surface area contributed by atoms with Gasteiger partial charge in [0.2, 0.25) is 0 Å². The molecule has 2 aliphatic rings. The molecule has 0 spiro atoms. The first-order valence-corrected chi connectivity index (χ1v) is 6.66. The molecule has 7 heteroatoms. The number of anilines is 1. The Labute approximate surface area is 119 Å². The summed E-state index contributed by atoms with van der Waals surface area (Å²) in [6.45, 7) is 1.30. The lowest BCUT2D eigenvalue weighted by Gasteiger charge is -2.25. The average molecular weight is 297 g/mol. The number of halogens is 2. The van der Waals surface area contributed by atoms with E-state index in [-0.39, 0.29) is 17.8 Å². The fourth-order valence-electron chi connectivity index (χ4n) is 2.45. The fourth-order valence-corrected chi connectivity index (χ4v) is 2.45. The van der Waals surface area contributed by atoms with Gasteiger partial charge in [-0.05, 0) is 12.5 Å². The molecule has 1 aromatic carbocycles. The first kappa shape index (κ1) is 14.1. The van der Waals surface area contributed by atoms with Crippen LogP contribution in [0.3, 0.4) is 0 Å². The molecule has 3 rings (SSSR count). The molecule has 0 unspecified atom stereocenters. The number of ether oxygens (including phenoxy) is 2. The smallest absolute Gasteiger partial charge is 0.299 e. The van der Waals surface area contributed by atoms with E-state index in [2.05, 4.69) is 0 Å². The number of carbonyl (C=O) groups excluding carboxylic acids is 2. The van der Waals surface area contributed by atoms with E-state index in [1.54, 1.807) is 0 Å². The van der Waals surface area contributed by atoms with Crippen molar-refractivity contribution in [3.8, 4) is 0 Å². The van der Waals surface area contributed by atoms with Crippen LogP contribution in [0.1, 0.15) is 23.2 Å². The Kier molecular flexibility index (Phi) is 3.69. The van der Waals surface area contributed by atoms with Gasteiger partial charge in [-0.25, -0.2) is 8.78 Å². The largest absolute Gasteiger partial charge is 0.353 e. The monoisotopic (exact) mass is 297 g/mol. The Morgan fingerprint density at radius 2 is 1.81 bits per heavy atom. The number of Topliss-reactive ketones (excluding diaryl/α,β-unsaturated/α-hetero) is 1. The number of amides is 1. The van der Waals surface area contributed by atoms with E-state index in [0.717, 1.165) is 23.5 Å². The molecule has 0 radical (unpaired) electrons. The molecule has 0 aromatic heterocycles. The quantitative estimate of drug-likeness (QED) is 0.796. The van der Waals surface area contributed by atoms with Crippen molar-refractivity contribution in [2.24, 2.45) is 0 Å². The minimum atomic E-state index is -1.14. The highest BCUT2D eigenvalue weighted by Crippen LogP contribution is 2.31. The Bertz CT molecular complexity index is 599. The van der Waals surface area contributed by atoms with Gasteiger partial charge in [0.05, 0.1) is 24.5 Å². The van der Waals surface area contributed by atoms with Crippen molar-refractivity contribution < 1.29 is 27.8 Å². The van der Waals surface area contributed by atoms with Crippen molar-refractivity contribution in [2.75, 3.05) is 24.7 Å². The maximum Gasteiger partial charge on any atom is 0.299 e. The summed E-state index contributed by atoms with van der Waals surface area (Å²) >= 11 is 0. The predicted octanol–water partition coefficient (Wildman–Crippen LogP) is 1.65. The summed E-state index contributed by atoms with van der Waals surface area (Å²) in [4.78, 5) is 24.8. The molecule has 0 N–H and O–H groups in total. The summed E-state index contributed by atoms with van der Waals surface area (Å²) < 4.78 is 37.2. The lowest BCUT2D eigenvalue weighted by molar-refractivity contribution is -0.179. The minimum absolute atomic E-state index is 0.0970. The number of ketones is 1. The first-order valence-electron chi connectivity index (χ1n) is 6.66. The van der Waals surface area contributed by atoms with E-state index in [4.69, 9.17) is 9.47 Å². The van der Waals surface area contributed by atoms with Crippen molar-refractivity contribution >= 4 is 17.4 Å². The summed E-state index contributed by atoms with van der Waals surface area (Å²) in [6, 6.07) is 1.63. The fraction of sp³-hybridized carbons (Fsp3) is 0.429. The zero-order valence-corrected chi connectivity index (χ0v) is 11.1. The van der Waals surface area contributed by atoms with Crippen LogP contribution in [0.15, 0.2) is 12.1 Å². The van der Waals surface area contributed by atoms with Crippen molar-refractivity contribution in [2.45, 2.75) is 19.1 Å². The van der Waals surface area contributed by atoms with Crippen LogP contribution in [-0.4, -0.2) is 37.7 Å². The van der Waals surface area contributed by atoms with Gasteiger partial charge in [-0.1, -0.05) is 0 Å². The van der Waals surface area contributed by atoms with Gasteiger partial charge < -0.3 is 14.4 Å². The number of hydrogen-bond acceptors (Lipinski definition) is 4. The topological polar surface area (TPSA) is 55.8 Å². The molecule has 0 aliphatic carbocycles. The van der Waals surface area contributed by atoms with Gasteiger partial charge in [-0.15, -0.1) is 0 Å². The summed E-state index contributed by atoms with van der Waals surface area (Å²) in [6.07, 6.45) is 0.721. The Hall–Kier alpha value is -1.86.